The molecule has 138 valence electrons. The van der Waals surface area contributed by atoms with Crippen LogP contribution in [0.3, 0.4) is 0 Å². The van der Waals surface area contributed by atoms with Crippen LogP contribution in [0.2, 0.25) is 0 Å². The molecule has 0 aliphatic rings. The maximum absolute atomic E-state index is 10.6. The van der Waals surface area contributed by atoms with Crippen molar-refractivity contribution in [2.24, 2.45) is 11.3 Å². The van der Waals surface area contributed by atoms with Crippen LogP contribution in [0.1, 0.15) is 91.7 Å². The highest BCUT2D eigenvalue weighted by atomic mass is 16.3. The van der Waals surface area contributed by atoms with Crippen LogP contribution < -0.4 is 0 Å². The van der Waals surface area contributed by atoms with Crippen molar-refractivity contribution < 1.29 is 10.2 Å². The van der Waals surface area contributed by atoms with Crippen molar-refractivity contribution in [1.82, 2.24) is 0 Å². The summed E-state index contributed by atoms with van der Waals surface area (Å²) < 4.78 is 0. The Kier molecular flexibility index (Phi) is 7.19. The van der Waals surface area contributed by atoms with Gasteiger partial charge in [0.1, 0.15) is 11.5 Å². The molecule has 24 heavy (non-hydrogen) atoms. The summed E-state index contributed by atoms with van der Waals surface area (Å²) >= 11 is 0. The molecule has 0 saturated heterocycles. The molecule has 0 aliphatic heterocycles. The average molecular weight is 335 g/mol. The first-order valence-electron chi connectivity index (χ1n) is 9.51. The average Bonchev–Trinajstić information content (AvgIpc) is 2.40. The standard InChI is InChI=1S/C22H38O2/c1-8-9-10-11-16(2)12-17-13-20(24)18(14-19(17)23)22(6,7)15-21(3,4)5/h13-14,16,23-24H,8-12,15H2,1-7H3. The molecule has 1 aromatic rings. The Labute approximate surface area is 149 Å². The van der Waals surface area contributed by atoms with E-state index in [1.165, 1.54) is 25.7 Å². The Morgan fingerprint density at radius 3 is 2.12 bits per heavy atom. The van der Waals surface area contributed by atoms with E-state index in [9.17, 15) is 10.2 Å². The van der Waals surface area contributed by atoms with Crippen molar-refractivity contribution in [3.63, 3.8) is 0 Å². The third-order valence-electron chi connectivity index (χ3n) is 4.77. The summed E-state index contributed by atoms with van der Waals surface area (Å²) in [6, 6.07) is 3.57. The maximum Gasteiger partial charge on any atom is 0.119 e. The molecule has 0 fully saturated rings. The zero-order chi connectivity index (χ0) is 18.5. The van der Waals surface area contributed by atoms with E-state index < -0.39 is 0 Å². The van der Waals surface area contributed by atoms with Crippen LogP contribution in [0, 0.1) is 11.3 Å². The molecule has 2 N–H and O–H groups in total. The van der Waals surface area contributed by atoms with Crippen molar-refractivity contribution in [2.75, 3.05) is 0 Å². The van der Waals surface area contributed by atoms with E-state index in [0.717, 1.165) is 24.0 Å². The summed E-state index contributed by atoms with van der Waals surface area (Å²) in [5.41, 5.74) is 1.70. The van der Waals surface area contributed by atoms with Gasteiger partial charge in [0.25, 0.3) is 0 Å². The van der Waals surface area contributed by atoms with Gasteiger partial charge in [0.2, 0.25) is 0 Å². The van der Waals surface area contributed by atoms with Crippen LogP contribution >= 0.6 is 0 Å². The highest BCUT2D eigenvalue weighted by Crippen LogP contribution is 2.42. The largest absolute Gasteiger partial charge is 0.508 e. The summed E-state index contributed by atoms with van der Waals surface area (Å²) in [4.78, 5) is 0. The van der Waals surface area contributed by atoms with Crippen LogP contribution in [-0.2, 0) is 11.8 Å². The predicted molar refractivity (Wildman–Crippen MR) is 104 cm³/mol. The van der Waals surface area contributed by atoms with Gasteiger partial charge in [0, 0.05) is 5.56 Å². The minimum Gasteiger partial charge on any atom is -0.508 e. The molecule has 0 heterocycles. The van der Waals surface area contributed by atoms with Crippen LogP contribution in [0.25, 0.3) is 0 Å². The van der Waals surface area contributed by atoms with Crippen molar-refractivity contribution in [3.05, 3.63) is 23.3 Å². The van der Waals surface area contributed by atoms with E-state index in [1.54, 1.807) is 12.1 Å². The quantitative estimate of drug-likeness (QED) is 0.417. The molecule has 1 unspecified atom stereocenters. The first-order valence-corrected chi connectivity index (χ1v) is 9.51. The maximum atomic E-state index is 10.6. The molecule has 1 aromatic carbocycles. The number of hydrogen-bond donors (Lipinski definition) is 2. The molecule has 0 bridgehead atoms. The number of aromatic hydroxyl groups is 2. The Morgan fingerprint density at radius 1 is 0.958 bits per heavy atom. The Morgan fingerprint density at radius 2 is 1.58 bits per heavy atom. The fraction of sp³-hybridized carbons (Fsp3) is 0.727. The molecule has 2 heteroatoms. The molecule has 1 rings (SSSR count). The Balaban J connectivity index is 2.93. The number of hydrogen-bond acceptors (Lipinski definition) is 2. The second-order valence-corrected chi connectivity index (χ2v) is 9.42. The Hall–Kier alpha value is -1.18. The lowest BCUT2D eigenvalue weighted by Gasteiger charge is -2.33. The lowest BCUT2D eigenvalue weighted by molar-refractivity contribution is 0.277. The lowest BCUT2D eigenvalue weighted by atomic mass is 9.71. The third-order valence-corrected chi connectivity index (χ3v) is 4.77. The molecule has 0 saturated carbocycles. The molecule has 0 aliphatic carbocycles. The van der Waals surface area contributed by atoms with E-state index >= 15 is 0 Å². The summed E-state index contributed by atoms with van der Waals surface area (Å²) in [6.45, 7) is 15.3. The minimum atomic E-state index is -0.176. The van der Waals surface area contributed by atoms with E-state index in [2.05, 4.69) is 48.5 Å². The van der Waals surface area contributed by atoms with Gasteiger partial charge in [0.05, 0.1) is 0 Å². The zero-order valence-corrected chi connectivity index (χ0v) is 16.9. The third kappa shape index (κ3) is 6.37. The molecule has 2 nitrogen and oxygen atoms in total. The molecule has 0 aromatic heterocycles. The summed E-state index contributed by atoms with van der Waals surface area (Å²) in [6.07, 6.45) is 6.67. The van der Waals surface area contributed by atoms with E-state index in [1.807, 2.05) is 0 Å². The van der Waals surface area contributed by atoms with E-state index in [0.29, 0.717) is 17.4 Å². The van der Waals surface area contributed by atoms with Crippen LogP contribution in [0.15, 0.2) is 12.1 Å². The van der Waals surface area contributed by atoms with Gasteiger partial charge in [-0.2, -0.15) is 0 Å². The minimum absolute atomic E-state index is 0.165. The number of unbranched alkanes of at least 4 members (excludes halogenated alkanes) is 2. The van der Waals surface area contributed by atoms with Gasteiger partial charge in [-0.3, -0.25) is 0 Å². The predicted octanol–water partition coefficient (Wildman–Crippen LogP) is 6.57. The number of phenolic OH excluding ortho intramolecular Hbond substituents is 2. The van der Waals surface area contributed by atoms with Gasteiger partial charge in [-0.05, 0) is 47.3 Å². The second kappa shape index (κ2) is 8.27. The highest BCUT2D eigenvalue weighted by Gasteiger charge is 2.30. The highest BCUT2D eigenvalue weighted by molar-refractivity contribution is 5.48. The molecule has 0 spiro atoms. The van der Waals surface area contributed by atoms with Gasteiger partial charge in [-0.1, -0.05) is 74.1 Å². The van der Waals surface area contributed by atoms with Crippen molar-refractivity contribution in [2.45, 2.75) is 92.4 Å². The van der Waals surface area contributed by atoms with Crippen LogP contribution in [-0.4, -0.2) is 10.2 Å². The van der Waals surface area contributed by atoms with Crippen molar-refractivity contribution in [3.8, 4) is 11.5 Å². The molecule has 0 radical (unpaired) electrons. The Bertz CT molecular complexity index is 524. The SMILES string of the molecule is CCCCCC(C)Cc1cc(O)c(C(C)(C)CC(C)(C)C)cc1O. The van der Waals surface area contributed by atoms with Gasteiger partial charge in [-0.25, -0.2) is 0 Å². The van der Waals surface area contributed by atoms with E-state index in [4.69, 9.17) is 0 Å². The van der Waals surface area contributed by atoms with Gasteiger partial charge >= 0.3 is 0 Å². The first kappa shape index (κ1) is 20.9. The topological polar surface area (TPSA) is 40.5 Å². The number of rotatable bonds is 8. The first-order chi connectivity index (χ1) is 11.0. The van der Waals surface area contributed by atoms with Gasteiger partial charge in [-0.15, -0.1) is 0 Å². The summed E-state index contributed by atoms with van der Waals surface area (Å²) in [5, 5.41) is 21.1. The second-order valence-electron chi connectivity index (χ2n) is 9.42. The lowest BCUT2D eigenvalue weighted by Crippen LogP contribution is -2.25. The normalized spacial score (nSPS) is 14.0. The summed E-state index contributed by atoms with van der Waals surface area (Å²) in [7, 11) is 0. The fourth-order valence-corrected chi connectivity index (χ4v) is 3.97. The van der Waals surface area contributed by atoms with E-state index in [-0.39, 0.29) is 10.8 Å². The fourth-order valence-electron chi connectivity index (χ4n) is 3.97. The van der Waals surface area contributed by atoms with Crippen molar-refractivity contribution >= 4 is 0 Å². The van der Waals surface area contributed by atoms with Crippen LogP contribution in [0.4, 0.5) is 0 Å². The molecule has 1 atom stereocenters. The van der Waals surface area contributed by atoms with Gasteiger partial charge in [0.15, 0.2) is 0 Å². The molecule has 0 amide bonds. The molecular formula is C22H38O2. The number of benzene rings is 1. The smallest absolute Gasteiger partial charge is 0.119 e. The van der Waals surface area contributed by atoms with Crippen LogP contribution in [0.5, 0.6) is 11.5 Å². The molecular weight excluding hydrogens is 296 g/mol. The zero-order valence-electron chi connectivity index (χ0n) is 16.9. The van der Waals surface area contributed by atoms with Gasteiger partial charge < -0.3 is 10.2 Å². The summed E-state index contributed by atoms with van der Waals surface area (Å²) in [5.74, 6) is 1.17. The van der Waals surface area contributed by atoms with Crippen molar-refractivity contribution in [1.29, 1.82) is 0 Å². The monoisotopic (exact) mass is 334 g/mol. The number of phenols is 2.